The van der Waals surface area contributed by atoms with Gasteiger partial charge in [-0.25, -0.2) is 0 Å². The minimum absolute atomic E-state index is 0.674. The van der Waals surface area contributed by atoms with E-state index in [0.717, 1.165) is 21.6 Å². The van der Waals surface area contributed by atoms with Gasteiger partial charge in [0.2, 0.25) is 0 Å². The minimum atomic E-state index is 0.674. The highest BCUT2D eigenvalue weighted by Crippen LogP contribution is 2.28. The number of ether oxygens (including phenoxy) is 1. The molecule has 0 unspecified atom stereocenters. The van der Waals surface area contributed by atoms with Crippen molar-refractivity contribution in [3.63, 3.8) is 0 Å². The predicted molar refractivity (Wildman–Crippen MR) is 77.0 cm³/mol. The molecule has 2 rings (SSSR count). The molecule has 0 saturated heterocycles. The van der Waals surface area contributed by atoms with Crippen LogP contribution in [0.25, 0.3) is 0 Å². The Hall–Kier alpha value is -1.55. The van der Waals surface area contributed by atoms with E-state index in [4.69, 9.17) is 4.74 Å². The summed E-state index contributed by atoms with van der Waals surface area (Å²) < 4.78 is 6.32. The van der Waals surface area contributed by atoms with E-state index in [0.29, 0.717) is 6.54 Å². The van der Waals surface area contributed by atoms with Crippen LogP contribution in [0.4, 0.5) is 5.69 Å². The zero-order valence-electron chi connectivity index (χ0n) is 10.4. The van der Waals surface area contributed by atoms with E-state index >= 15 is 0 Å². The van der Waals surface area contributed by atoms with Crippen LogP contribution < -0.4 is 10.1 Å². The SMILES string of the molecule is COc1ccc(Br)cc1NCc1ccc(C)cn1. The van der Waals surface area contributed by atoms with Crippen LogP contribution in [0.1, 0.15) is 11.3 Å². The van der Waals surface area contributed by atoms with Crippen LogP contribution in [0.2, 0.25) is 0 Å². The molecule has 94 valence electrons. The zero-order valence-corrected chi connectivity index (χ0v) is 12.0. The summed E-state index contributed by atoms with van der Waals surface area (Å²) in [6.07, 6.45) is 1.87. The van der Waals surface area contributed by atoms with Crippen molar-refractivity contribution in [1.82, 2.24) is 4.98 Å². The molecule has 1 N–H and O–H groups in total. The lowest BCUT2D eigenvalue weighted by Crippen LogP contribution is -2.03. The van der Waals surface area contributed by atoms with Crippen molar-refractivity contribution >= 4 is 21.6 Å². The number of hydrogen-bond acceptors (Lipinski definition) is 3. The Morgan fingerprint density at radius 3 is 2.78 bits per heavy atom. The van der Waals surface area contributed by atoms with E-state index in [1.165, 1.54) is 5.56 Å². The van der Waals surface area contributed by atoms with Gasteiger partial charge in [-0.05, 0) is 36.8 Å². The Kier molecular flexibility index (Phi) is 4.20. The average Bonchev–Trinajstić information content (AvgIpc) is 2.38. The summed E-state index contributed by atoms with van der Waals surface area (Å²) in [5.41, 5.74) is 3.12. The standard InChI is InChI=1S/C14H15BrN2O/c1-10-3-5-12(16-8-10)9-17-13-7-11(15)4-6-14(13)18-2/h3-8,17H,9H2,1-2H3. The number of aryl methyl sites for hydroxylation is 1. The van der Waals surface area contributed by atoms with Gasteiger partial charge in [-0.2, -0.15) is 0 Å². The monoisotopic (exact) mass is 306 g/mol. The van der Waals surface area contributed by atoms with Gasteiger partial charge in [-0.3, -0.25) is 4.98 Å². The molecule has 0 atom stereocenters. The van der Waals surface area contributed by atoms with Crippen molar-refractivity contribution in [2.75, 3.05) is 12.4 Å². The molecule has 0 fully saturated rings. The first-order valence-electron chi connectivity index (χ1n) is 5.68. The van der Waals surface area contributed by atoms with Crippen LogP contribution in [0, 0.1) is 6.92 Å². The lowest BCUT2D eigenvalue weighted by atomic mass is 10.2. The van der Waals surface area contributed by atoms with Crippen molar-refractivity contribution in [2.45, 2.75) is 13.5 Å². The summed E-state index contributed by atoms with van der Waals surface area (Å²) in [5, 5.41) is 3.32. The van der Waals surface area contributed by atoms with Crippen molar-refractivity contribution in [3.05, 3.63) is 52.3 Å². The van der Waals surface area contributed by atoms with Crippen LogP contribution in [-0.2, 0) is 6.54 Å². The molecule has 0 amide bonds. The topological polar surface area (TPSA) is 34.1 Å². The fraction of sp³-hybridized carbons (Fsp3) is 0.214. The number of rotatable bonds is 4. The molecule has 18 heavy (non-hydrogen) atoms. The number of pyridine rings is 1. The molecule has 2 aromatic rings. The first-order chi connectivity index (χ1) is 8.69. The highest BCUT2D eigenvalue weighted by Gasteiger charge is 2.03. The average molecular weight is 307 g/mol. The Bertz CT molecular complexity index is 526. The van der Waals surface area contributed by atoms with Crippen LogP contribution in [-0.4, -0.2) is 12.1 Å². The molecule has 0 saturated carbocycles. The van der Waals surface area contributed by atoms with E-state index < -0.39 is 0 Å². The van der Waals surface area contributed by atoms with Gasteiger partial charge in [0.25, 0.3) is 0 Å². The highest BCUT2D eigenvalue weighted by atomic mass is 79.9. The normalized spacial score (nSPS) is 10.2. The third-order valence-corrected chi connectivity index (χ3v) is 3.09. The van der Waals surface area contributed by atoms with Gasteiger partial charge in [-0.1, -0.05) is 22.0 Å². The fourth-order valence-corrected chi connectivity index (χ4v) is 1.97. The quantitative estimate of drug-likeness (QED) is 0.933. The Balaban J connectivity index is 2.09. The molecule has 4 heteroatoms. The second kappa shape index (κ2) is 5.87. The molecular weight excluding hydrogens is 292 g/mol. The summed E-state index contributed by atoms with van der Waals surface area (Å²) in [5.74, 6) is 0.824. The van der Waals surface area contributed by atoms with E-state index in [1.807, 2.05) is 37.4 Å². The number of benzene rings is 1. The zero-order chi connectivity index (χ0) is 13.0. The summed E-state index contributed by atoms with van der Waals surface area (Å²) >= 11 is 3.45. The first kappa shape index (κ1) is 12.9. The lowest BCUT2D eigenvalue weighted by Gasteiger charge is -2.11. The van der Waals surface area contributed by atoms with Crippen molar-refractivity contribution in [1.29, 1.82) is 0 Å². The van der Waals surface area contributed by atoms with Gasteiger partial charge >= 0.3 is 0 Å². The van der Waals surface area contributed by atoms with Gasteiger partial charge in [0.15, 0.2) is 0 Å². The highest BCUT2D eigenvalue weighted by molar-refractivity contribution is 9.10. The van der Waals surface area contributed by atoms with E-state index in [2.05, 4.69) is 32.3 Å². The molecule has 3 nitrogen and oxygen atoms in total. The molecule has 0 spiro atoms. The van der Waals surface area contributed by atoms with Gasteiger partial charge in [-0.15, -0.1) is 0 Å². The summed E-state index contributed by atoms with van der Waals surface area (Å²) in [6.45, 7) is 2.70. The number of nitrogens with zero attached hydrogens (tertiary/aromatic N) is 1. The number of halogens is 1. The molecule has 1 heterocycles. The van der Waals surface area contributed by atoms with Crippen molar-refractivity contribution < 1.29 is 4.74 Å². The molecule has 0 aliphatic carbocycles. The molecule has 0 radical (unpaired) electrons. The minimum Gasteiger partial charge on any atom is -0.495 e. The third kappa shape index (κ3) is 3.23. The van der Waals surface area contributed by atoms with E-state index in [1.54, 1.807) is 7.11 Å². The smallest absolute Gasteiger partial charge is 0.142 e. The van der Waals surface area contributed by atoms with Gasteiger partial charge in [0.05, 0.1) is 25.0 Å². The maximum absolute atomic E-state index is 5.30. The maximum Gasteiger partial charge on any atom is 0.142 e. The molecular formula is C14H15BrN2O. The largest absolute Gasteiger partial charge is 0.495 e. The van der Waals surface area contributed by atoms with Crippen molar-refractivity contribution in [2.24, 2.45) is 0 Å². The number of hydrogen-bond donors (Lipinski definition) is 1. The number of anilines is 1. The molecule has 0 bridgehead atoms. The molecule has 0 aliphatic rings. The Labute approximate surface area is 115 Å². The second-order valence-corrected chi connectivity index (χ2v) is 4.94. The van der Waals surface area contributed by atoms with E-state index in [9.17, 15) is 0 Å². The maximum atomic E-state index is 5.30. The number of methoxy groups -OCH3 is 1. The van der Waals surface area contributed by atoms with E-state index in [-0.39, 0.29) is 0 Å². The van der Waals surface area contributed by atoms with Gasteiger partial charge in [0.1, 0.15) is 5.75 Å². The van der Waals surface area contributed by atoms with Crippen LogP contribution in [0.3, 0.4) is 0 Å². The molecule has 1 aromatic carbocycles. The van der Waals surface area contributed by atoms with Crippen LogP contribution in [0.5, 0.6) is 5.75 Å². The van der Waals surface area contributed by atoms with Crippen LogP contribution in [0.15, 0.2) is 41.0 Å². The van der Waals surface area contributed by atoms with Gasteiger partial charge in [0, 0.05) is 10.7 Å². The Morgan fingerprint density at radius 1 is 1.28 bits per heavy atom. The summed E-state index contributed by atoms with van der Waals surface area (Å²) in [7, 11) is 1.67. The van der Waals surface area contributed by atoms with Crippen molar-refractivity contribution in [3.8, 4) is 5.75 Å². The Morgan fingerprint density at radius 2 is 2.11 bits per heavy atom. The summed E-state index contributed by atoms with van der Waals surface area (Å²) in [4.78, 5) is 4.36. The fourth-order valence-electron chi connectivity index (χ4n) is 1.61. The molecule has 0 aliphatic heterocycles. The molecule has 1 aromatic heterocycles. The summed E-state index contributed by atoms with van der Waals surface area (Å²) in [6, 6.07) is 9.95. The number of aromatic nitrogens is 1. The third-order valence-electron chi connectivity index (χ3n) is 2.59. The second-order valence-electron chi connectivity index (χ2n) is 4.03. The van der Waals surface area contributed by atoms with Gasteiger partial charge < -0.3 is 10.1 Å². The predicted octanol–water partition coefficient (Wildman–Crippen LogP) is 3.77. The lowest BCUT2D eigenvalue weighted by molar-refractivity contribution is 0.416. The first-order valence-corrected chi connectivity index (χ1v) is 6.47. The van der Waals surface area contributed by atoms with Crippen LogP contribution >= 0.6 is 15.9 Å². The number of nitrogens with one attached hydrogen (secondary N) is 1.